The predicted octanol–water partition coefficient (Wildman–Crippen LogP) is 2.83. The van der Waals surface area contributed by atoms with E-state index >= 15 is 0 Å². The second kappa shape index (κ2) is 10.0. The van der Waals surface area contributed by atoms with Crippen molar-refractivity contribution in [3.05, 3.63) is 76.9 Å². The summed E-state index contributed by atoms with van der Waals surface area (Å²) in [5.74, 6) is 12.5. The molecule has 0 saturated carbocycles. The van der Waals surface area contributed by atoms with E-state index in [0.29, 0.717) is 12.4 Å². The normalized spacial score (nSPS) is 11.7. The third-order valence-electron chi connectivity index (χ3n) is 5.31. The van der Waals surface area contributed by atoms with Crippen LogP contribution in [0.5, 0.6) is 0 Å². The summed E-state index contributed by atoms with van der Waals surface area (Å²) in [6.45, 7) is 4.80. The van der Waals surface area contributed by atoms with Crippen LogP contribution in [-0.4, -0.2) is 20.5 Å². The Labute approximate surface area is 177 Å². The van der Waals surface area contributed by atoms with E-state index in [4.69, 9.17) is 11.7 Å². The smallest absolute Gasteiger partial charge is 0.167 e. The zero-order valence-electron chi connectivity index (χ0n) is 17.6. The maximum Gasteiger partial charge on any atom is 0.167 e. The number of nitrogens with zero attached hydrogens (tertiary/aromatic N) is 3. The lowest BCUT2D eigenvalue weighted by Gasteiger charge is -2.13. The lowest BCUT2D eigenvalue weighted by Crippen LogP contribution is -2.32. The molecule has 1 heterocycles. The number of rotatable bonds is 8. The number of nitrogens with one attached hydrogen (secondary N) is 1. The van der Waals surface area contributed by atoms with Gasteiger partial charge in [-0.15, -0.1) is 0 Å². The molecule has 1 aromatic heterocycles. The van der Waals surface area contributed by atoms with Crippen LogP contribution >= 0.6 is 0 Å². The number of aryl methyl sites for hydroxylation is 2. The number of aliphatic hydroxyl groups excluding tert-OH is 1. The average molecular weight is 407 g/mol. The Morgan fingerprint density at radius 1 is 1.17 bits per heavy atom. The van der Waals surface area contributed by atoms with E-state index in [9.17, 15) is 5.11 Å². The topological polar surface area (TPSA) is 114 Å². The van der Waals surface area contributed by atoms with Crippen LogP contribution in [0.15, 0.2) is 53.6 Å². The lowest BCUT2D eigenvalue weighted by molar-refractivity contribution is 0.270. The number of imidazole rings is 1. The number of aromatic nitrogens is 2. The maximum atomic E-state index is 9.84. The number of hydrogen-bond donors (Lipinski definition) is 4. The Balaban J connectivity index is 1.90. The zero-order chi connectivity index (χ0) is 21.5. The summed E-state index contributed by atoms with van der Waals surface area (Å²) in [6, 6.07) is 16.2. The van der Waals surface area contributed by atoms with Crippen molar-refractivity contribution in [3.8, 4) is 11.1 Å². The first-order chi connectivity index (χ1) is 14.6. The molecule has 0 radical (unpaired) electrons. The van der Waals surface area contributed by atoms with E-state index in [1.54, 1.807) is 0 Å². The van der Waals surface area contributed by atoms with Gasteiger partial charge in [0, 0.05) is 18.5 Å². The fourth-order valence-corrected chi connectivity index (χ4v) is 3.68. The second-order valence-corrected chi connectivity index (χ2v) is 7.27. The first-order valence-electron chi connectivity index (χ1n) is 10.2. The van der Waals surface area contributed by atoms with Gasteiger partial charge in [0.05, 0.1) is 18.0 Å². The molecule has 2 aromatic carbocycles. The highest BCUT2D eigenvalue weighted by Crippen LogP contribution is 2.25. The van der Waals surface area contributed by atoms with E-state index in [0.717, 1.165) is 58.7 Å². The summed E-state index contributed by atoms with van der Waals surface area (Å²) in [5, 5.41) is 13.6. The van der Waals surface area contributed by atoms with Crippen molar-refractivity contribution in [2.45, 2.75) is 46.3 Å². The van der Waals surface area contributed by atoms with Crippen molar-refractivity contribution >= 4 is 5.84 Å². The van der Waals surface area contributed by atoms with Crippen LogP contribution < -0.4 is 17.1 Å². The van der Waals surface area contributed by atoms with Crippen LogP contribution in [-0.2, 0) is 19.6 Å². The van der Waals surface area contributed by atoms with E-state index in [-0.39, 0.29) is 6.61 Å². The summed E-state index contributed by atoms with van der Waals surface area (Å²) in [4.78, 5) is 4.69. The average Bonchev–Trinajstić information content (AvgIpc) is 3.08. The van der Waals surface area contributed by atoms with Gasteiger partial charge in [-0.3, -0.25) is 0 Å². The van der Waals surface area contributed by atoms with Gasteiger partial charge in [-0.25, -0.2) is 10.8 Å². The standard InChI is InChI=1S/C23H30N6O/c1-3-4-9-22-26-16(2)21(15-30)29(22)14-17-10-12-18(13-11-17)19-7-5-6-8-20(19)23(27-24)28-25/h5-8,10-13,30H,3-4,9,14-15,24-25H2,1-2H3,(H,27,28). The Bertz CT molecular complexity index is 1010. The molecule has 3 rings (SSSR count). The summed E-state index contributed by atoms with van der Waals surface area (Å²) in [5.41, 5.74) is 8.35. The van der Waals surface area contributed by atoms with Gasteiger partial charge in [-0.2, -0.15) is 5.10 Å². The number of amidine groups is 1. The SMILES string of the molecule is CCCCc1nc(C)c(CO)n1Cc1ccc(-c2ccccc2/C(=N/N)NN)cc1. The minimum Gasteiger partial charge on any atom is -0.390 e. The molecule has 0 amide bonds. The van der Waals surface area contributed by atoms with Gasteiger partial charge in [0.2, 0.25) is 0 Å². The number of hydrazine groups is 1. The molecule has 0 unspecified atom stereocenters. The number of hydrazone groups is 1. The fourth-order valence-electron chi connectivity index (χ4n) is 3.68. The molecule has 0 fully saturated rings. The molecule has 30 heavy (non-hydrogen) atoms. The monoisotopic (exact) mass is 406 g/mol. The zero-order valence-corrected chi connectivity index (χ0v) is 17.6. The van der Waals surface area contributed by atoms with Crippen molar-refractivity contribution in [3.63, 3.8) is 0 Å². The summed E-state index contributed by atoms with van der Waals surface area (Å²) < 4.78 is 2.14. The number of hydrogen-bond acceptors (Lipinski definition) is 5. The molecule has 3 aromatic rings. The van der Waals surface area contributed by atoms with Crippen LogP contribution in [0.4, 0.5) is 0 Å². The summed E-state index contributed by atoms with van der Waals surface area (Å²) >= 11 is 0. The minimum absolute atomic E-state index is 0.0102. The van der Waals surface area contributed by atoms with Crippen molar-refractivity contribution in [2.75, 3.05) is 0 Å². The molecule has 0 saturated heterocycles. The Hall–Kier alpha value is -3.16. The largest absolute Gasteiger partial charge is 0.390 e. The third-order valence-corrected chi connectivity index (χ3v) is 5.31. The quantitative estimate of drug-likeness (QED) is 0.199. The van der Waals surface area contributed by atoms with Gasteiger partial charge in [0.25, 0.3) is 0 Å². The van der Waals surface area contributed by atoms with Gasteiger partial charge in [-0.05, 0) is 30.0 Å². The fraction of sp³-hybridized carbons (Fsp3) is 0.304. The number of benzene rings is 2. The van der Waals surface area contributed by atoms with E-state index in [2.05, 4.69) is 51.3 Å². The molecule has 0 aliphatic heterocycles. The molecule has 158 valence electrons. The van der Waals surface area contributed by atoms with Gasteiger partial charge in [0.1, 0.15) is 5.82 Å². The highest BCUT2D eigenvalue weighted by molar-refractivity contribution is 6.04. The molecule has 7 heteroatoms. The van der Waals surface area contributed by atoms with Gasteiger partial charge in [-0.1, -0.05) is 61.9 Å². The molecule has 0 bridgehead atoms. The van der Waals surface area contributed by atoms with Crippen LogP contribution in [0.1, 0.15) is 48.1 Å². The van der Waals surface area contributed by atoms with E-state index in [1.165, 1.54) is 0 Å². The molecule has 0 aliphatic rings. The number of nitrogens with two attached hydrogens (primary N) is 2. The first-order valence-corrected chi connectivity index (χ1v) is 10.2. The van der Waals surface area contributed by atoms with Crippen LogP contribution in [0.3, 0.4) is 0 Å². The van der Waals surface area contributed by atoms with Crippen molar-refractivity contribution < 1.29 is 5.11 Å². The van der Waals surface area contributed by atoms with E-state index in [1.807, 2.05) is 31.2 Å². The molecular weight excluding hydrogens is 376 g/mol. The minimum atomic E-state index is -0.0102. The summed E-state index contributed by atoms with van der Waals surface area (Å²) in [6.07, 6.45) is 3.10. The van der Waals surface area contributed by atoms with Crippen LogP contribution in [0, 0.1) is 6.92 Å². The molecule has 0 atom stereocenters. The third kappa shape index (κ3) is 4.53. The molecule has 0 aliphatic carbocycles. The molecule has 7 nitrogen and oxygen atoms in total. The highest BCUT2D eigenvalue weighted by Gasteiger charge is 2.14. The molecule has 6 N–H and O–H groups in total. The second-order valence-electron chi connectivity index (χ2n) is 7.27. The van der Waals surface area contributed by atoms with Crippen LogP contribution in [0.2, 0.25) is 0 Å². The number of aliphatic hydroxyl groups is 1. The Morgan fingerprint density at radius 2 is 1.90 bits per heavy atom. The van der Waals surface area contributed by atoms with E-state index < -0.39 is 0 Å². The Morgan fingerprint density at radius 3 is 2.53 bits per heavy atom. The van der Waals surface area contributed by atoms with Crippen molar-refractivity contribution in [1.82, 2.24) is 15.0 Å². The predicted molar refractivity (Wildman–Crippen MR) is 121 cm³/mol. The van der Waals surface area contributed by atoms with Gasteiger partial charge in [0.15, 0.2) is 5.84 Å². The maximum absolute atomic E-state index is 9.84. The van der Waals surface area contributed by atoms with Crippen molar-refractivity contribution in [2.24, 2.45) is 16.8 Å². The first kappa shape index (κ1) is 21.5. The number of unbranched alkanes of at least 4 members (excludes halogenated alkanes) is 1. The molecule has 0 spiro atoms. The van der Waals surface area contributed by atoms with Crippen molar-refractivity contribution in [1.29, 1.82) is 0 Å². The molecular formula is C23H30N6O. The summed E-state index contributed by atoms with van der Waals surface area (Å²) in [7, 11) is 0. The lowest BCUT2D eigenvalue weighted by atomic mass is 9.98. The Kier molecular flexibility index (Phi) is 7.21. The van der Waals surface area contributed by atoms with Gasteiger partial charge >= 0.3 is 0 Å². The van der Waals surface area contributed by atoms with Crippen LogP contribution in [0.25, 0.3) is 11.1 Å². The highest BCUT2D eigenvalue weighted by atomic mass is 16.3. The van der Waals surface area contributed by atoms with Gasteiger partial charge < -0.3 is 20.9 Å².